The van der Waals surface area contributed by atoms with Gasteiger partial charge in [-0.1, -0.05) is 24.3 Å². The monoisotopic (exact) mass is 448 g/mol. The van der Waals surface area contributed by atoms with Gasteiger partial charge in [-0.3, -0.25) is 9.59 Å². The van der Waals surface area contributed by atoms with E-state index in [0.717, 1.165) is 19.3 Å². The van der Waals surface area contributed by atoms with E-state index in [2.05, 4.69) is 15.3 Å². The highest BCUT2D eigenvalue weighted by molar-refractivity contribution is 6.04. The molecule has 0 spiro atoms. The Bertz CT molecular complexity index is 1180. The molecule has 0 saturated carbocycles. The zero-order valence-corrected chi connectivity index (χ0v) is 18.5. The van der Waals surface area contributed by atoms with Crippen LogP contribution in [0.15, 0.2) is 54.7 Å². The predicted molar refractivity (Wildman–Crippen MR) is 122 cm³/mol. The van der Waals surface area contributed by atoms with E-state index in [1.165, 1.54) is 25.4 Å². The van der Waals surface area contributed by atoms with Crippen molar-refractivity contribution < 1.29 is 18.7 Å². The van der Waals surface area contributed by atoms with Crippen molar-refractivity contribution in [2.24, 2.45) is 0 Å². The molecule has 4 rings (SSSR count). The summed E-state index contributed by atoms with van der Waals surface area (Å²) >= 11 is 0. The Morgan fingerprint density at radius 3 is 2.61 bits per heavy atom. The molecule has 0 bridgehead atoms. The second-order valence-corrected chi connectivity index (χ2v) is 7.87. The Balaban J connectivity index is 1.58. The zero-order chi connectivity index (χ0) is 23.4. The first kappa shape index (κ1) is 22.4. The van der Waals surface area contributed by atoms with Crippen LogP contribution in [0.4, 0.5) is 10.1 Å². The Labute approximate surface area is 191 Å². The lowest BCUT2D eigenvalue weighted by molar-refractivity contribution is 0.0595. The summed E-state index contributed by atoms with van der Waals surface area (Å²) < 4.78 is 19.3. The molecule has 1 fully saturated rings. The summed E-state index contributed by atoms with van der Waals surface area (Å²) in [6.07, 6.45) is 3.99. The number of benzene rings is 2. The second-order valence-electron chi connectivity index (χ2n) is 7.87. The second kappa shape index (κ2) is 9.77. The average Bonchev–Trinajstić information content (AvgIpc) is 2.84. The molecule has 7 nitrogen and oxygen atoms in total. The lowest BCUT2D eigenvalue weighted by Gasteiger charge is -2.35. The third kappa shape index (κ3) is 4.69. The molecule has 2 amide bonds. The Kier molecular flexibility index (Phi) is 6.63. The number of piperidine rings is 1. The van der Waals surface area contributed by atoms with Crippen molar-refractivity contribution in [3.63, 3.8) is 0 Å². The fourth-order valence-electron chi connectivity index (χ4n) is 4.04. The quantitative estimate of drug-likeness (QED) is 0.619. The summed E-state index contributed by atoms with van der Waals surface area (Å²) in [7, 11) is 1.54. The first-order valence-electron chi connectivity index (χ1n) is 10.8. The molecule has 1 atom stereocenters. The maximum Gasteiger partial charge on any atom is 0.259 e. The molecule has 1 aliphatic heterocycles. The maximum atomic E-state index is 13.9. The number of aromatic nitrogens is 2. The third-order valence-corrected chi connectivity index (χ3v) is 5.76. The van der Waals surface area contributed by atoms with Crippen molar-refractivity contribution in [3.8, 4) is 5.75 Å². The van der Waals surface area contributed by atoms with Crippen LogP contribution in [-0.4, -0.2) is 40.3 Å². The SMILES string of the molecule is COc1ccccc1C(=O)N1CCCCC1c1ncc(C(=O)Nc2ccccc2F)c(C)n1. The van der Waals surface area contributed by atoms with Gasteiger partial charge >= 0.3 is 0 Å². The van der Waals surface area contributed by atoms with Gasteiger partial charge < -0.3 is 15.0 Å². The highest BCUT2D eigenvalue weighted by Crippen LogP contribution is 2.32. The number of hydrogen-bond acceptors (Lipinski definition) is 5. The van der Waals surface area contributed by atoms with Crippen molar-refractivity contribution >= 4 is 17.5 Å². The Hall–Kier alpha value is -3.81. The number of rotatable bonds is 5. The van der Waals surface area contributed by atoms with Gasteiger partial charge in [0.2, 0.25) is 0 Å². The summed E-state index contributed by atoms with van der Waals surface area (Å²) in [6.45, 7) is 2.29. The fourth-order valence-corrected chi connectivity index (χ4v) is 4.04. The van der Waals surface area contributed by atoms with Crippen LogP contribution in [-0.2, 0) is 0 Å². The minimum atomic E-state index is -0.520. The van der Waals surface area contributed by atoms with Crippen LogP contribution in [0.3, 0.4) is 0 Å². The summed E-state index contributed by atoms with van der Waals surface area (Å²) in [5.74, 6) is -0.148. The molecule has 1 aliphatic rings. The molecule has 1 saturated heterocycles. The summed E-state index contributed by atoms with van der Waals surface area (Å²) in [5.41, 5.74) is 1.29. The van der Waals surface area contributed by atoms with Crippen LogP contribution in [0.2, 0.25) is 0 Å². The Morgan fingerprint density at radius 2 is 1.85 bits per heavy atom. The molecule has 2 aromatic carbocycles. The number of methoxy groups -OCH3 is 1. The fraction of sp³-hybridized carbons (Fsp3) is 0.280. The molecule has 0 radical (unpaired) electrons. The van der Waals surface area contributed by atoms with E-state index in [-0.39, 0.29) is 23.2 Å². The van der Waals surface area contributed by atoms with Crippen molar-refractivity contribution in [1.29, 1.82) is 0 Å². The smallest absolute Gasteiger partial charge is 0.259 e. The first-order chi connectivity index (χ1) is 16.0. The van der Waals surface area contributed by atoms with Crippen molar-refractivity contribution in [3.05, 3.63) is 83.2 Å². The highest BCUT2D eigenvalue weighted by Gasteiger charge is 2.32. The molecule has 33 heavy (non-hydrogen) atoms. The van der Waals surface area contributed by atoms with E-state index in [0.29, 0.717) is 29.4 Å². The molecule has 1 N–H and O–H groups in total. The van der Waals surface area contributed by atoms with E-state index in [9.17, 15) is 14.0 Å². The number of nitrogens with one attached hydrogen (secondary N) is 1. The third-order valence-electron chi connectivity index (χ3n) is 5.76. The minimum absolute atomic E-state index is 0.0897. The molecule has 1 aromatic heterocycles. The lowest BCUT2D eigenvalue weighted by Crippen LogP contribution is -2.39. The molecule has 2 heterocycles. The molecule has 3 aromatic rings. The van der Waals surface area contributed by atoms with Gasteiger partial charge in [-0.25, -0.2) is 14.4 Å². The molecule has 1 unspecified atom stereocenters. The number of anilines is 1. The number of nitrogens with zero attached hydrogens (tertiary/aromatic N) is 3. The van der Waals surface area contributed by atoms with Gasteiger partial charge in [-0.15, -0.1) is 0 Å². The normalized spacial score (nSPS) is 15.7. The van der Waals surface area contributed by atoms with Crippen LogP contribution in [0.25, 0.3) is 0 Å². The molecule has 8 heteroatoms. The van der Waals surface area contributed by atoms with Gasteiger partial charge in [0.15, 0.2) is 5.82 Å². The minimum Gasteiger partial charge on any atom is -0.496 e. The number of carbonyl (C=O) groups is 2. The number of para-hydroxylation sites is 2. The maximum absolute atomic E-state index is 13.9. The largest absolute Gasteiger partial charge is 0.496 e. The number of halogens is 1. The molecular weight excluding hydrogens is 423 g/mol. The van der Waals surface area contributed by atoms with Gasteiger partial charge in [0.1, 0.15) is 11.6 Å². The number of aryl methyl sites for hydroxylation is 1. The zero-order valence-electron chi connectivity index (χ0n) is 18.5. The van der Waals surface area contributed by atoms with E-state index in [1.54, 1.807) is 42.2 Å². The Morgan fingerprint density at radius 1 is 1.09 bits per heavy atom. The summed E-state index contributed by atoms with van der Waals surface area (Å²) in [4.78, 5) is 36.8. The number of amides is 2. The molecule has 0 aliphatic carbocycles. The number of hydrogen-bond donors (Lipinski definition) is 1. The average molecular weight is 448 g/mol. The predicted octanol–water partition coefficient (Wildman–Crippen LogP) is 4.55. The topological polar surface area (TPSA) is 84.4 Å². The van der Waals surface area contributed by atoms with Gasteiger partial charge in [0.05, 0.1) is 35.7 Å². The molecule has 170 valence electrons. The van der Waals surface area contributed by atoms with E-state index >= 15 is 0 Å². The van der Waals surface area contributed by atoms with Gasteiger partial charge in [-0.05, 0) is 50.5 Å². The first-order valence-corrected chi connectivity index (χ1v) is 10.8. The van der Waals surface area contributed by atoms with Crippen molar-refractivity contribution in [2.45, 2.75) is 32.2 Å². The lowest BCUT2D eigenvalue weighted by atomic mass is 9.99. The number of ether oxygens (including phenoxy) is 1. The standard InChI is InChI=1S/C25H25FN4O3/c1-16-18(24(31)29-20-11-5-4-10-19(20)26)15-27-23(28-16)21-12-7-8-14-30(21)25(32)17-9-3-6-13-22(17)33-2/h3-6,9-11,13,15,21H,7-8,12,14H2,1-2H3,(H,29,31). The highest BCUT2D eigenvalue weighted by atomic mass is 19.1. The van der Waals surface area contributed by atoms with Crippen LogP contribution in [0.5, 0.6) is 5.75 Å². The number of carbonyl (C=O) groups excluding carboxylic acids is 2. The van der Waals surface area contributed by atoms with Crippen LogP contribution in [0.1, 0.15) is 57.5 Å². The van der Waals surface area contributed by atoms with E-state index in [1.807, 2.05) is 6.07 Å². The van der Waals surface area contributed by atoms with Gasteiger partial charge in [-0.2, -0.15) is 0 Å². The summed E-state index contributed by atoms with van der Waals surface area (Å²) in [5, 5.41) is 2.56. The van der Waals surface area contributed by atoms with Crippen molar-refractivity contribution in [2.75, 3.05) is 19.0 Å². The van der Waals surface area contributed by atoms with E-state index in [4.69, 9.17) is 4.74 Å². The van der Waals surface area contributed by atoms with Crippen LogP contribution >= 0.6 is 0 Å². The van der Waals surface area contributed by atoms with Gasteiger partial charge in [0.25, 0.3) is 11.8 Å². The van der Waals surface area contributed by atoms with Crippen molar-refractivity contribution in [1.82, 2.24) is 14.9 Å². The van der Waals surface area contributed by atoms with Gasteiger partial charge in [0, 0.05) is 12.7 Å². The van der Waals surface area contributed by atoms with Crippen LogP contribution < -0.4 is 10.1 Å². The van der Waals surface area contributed by atoms with Crippen LogP contribution in [0, 0.1) is 12.7 Å². The summed E-state index contributed by atoms with van der Waals surface area (Å²) in [6, 6.07) is 12.8. The molecular formula is C25H25FN4O3. The number of likely N-dealkylation sites (tertiary alicyclic amines) is 1. The van der Waals surface area contributed by atoms with E-state index < -0.39 is 11.7 Å².